The summed E-state index contributed by atoms with van der Waals surface area (Å²) in [5, 5.41) is 0. The first-order chi connectivity index (χ1) is 6.66. The Morgan fingerprint density at radius 3 is 2.57 bits per heavy atom. The summed E-state index contributed by atoms with van der Waals surface area (Å²) in [5.41, 5.74) is 2.06. The molecule has 0 aliphatic heterocycles. The van der Waals surface area contributed by atoms with Crippen molar-refractivity contribution >= 4 is 11.6 Å². The van der Waals surface area contributed by atoms with Crippen LogP contribution in [0.4, 0.5) is 5.69 Å². The number of hydrogen-bond donors (Lipinski definition) is 0. The van der Waals surface area contributed by atoms with E-state index in [0.717, 1.165) is 11.3 Å². The molecule has 0 atom stereocenters. The maximum Gasteiger partial charge on any atom is 0.250 e. The number of para-hydroxylation sites is 1. The molecule has 1 rings (SSSR count). The van der Waals surface area contributed by atoms with Crippen molar-refractivity contribution in [2.75, 3.05) is 11.9 Å². The van der Waals surface area contributed by atoms with Crippen molar-refractivity contribution in [3.05, 3.63) is 42.0 Å². The number of allylic oxidation sites excluding steroid dienone is 1. The maximum absolute atomic E-state index is 11.5. The number of rotatable bonds is 2. The third-order valence-corrected chi connectivity index (χ3v) is 2.12. The minimum absolute atomic E-state index is 0.00167. The van der Waals surface area contributed by atoms with Gasteiger partial charge in [0.15, 0.2) is 0 Å². The highest BCUT2D eigenvalue weighted by molar-refractivity contribution is 6.01. The molecule has 1 aromatic carbocycles. The van der Waals surface area contributed by atoms with Gasteiger partial charge in [-0.05, 0) is 31.6 Å². The van der Waals surface area contributed by atoms with Crippen LogP contribution in [0.3, 0.4) is 0 Å². The monoisotopic (exact) mass is 189 g/mol. The van der Waals surface area contributed by atoms with Gasteiger partial charge in [0.1, 0.15) is 0 Å². The van der Waals surface area contributed by atoms with Gasteiger partial charge in [-0.25, -0.2) is 0 Å². The van der Waals surface area contributed by atoms with Crippen molar-refractivity contribution in [3.63, 3.8) is 0 Å². The molecule has 0 saturated carbocycles. The first-order valence-corrected chi connectivity index (χ1v) is 4.63. The molecular formula is C12H15NO. The summed E-state index contributed by atoms with van der Waals surface area (Å²) in [6.45, 7) is 3.83. The number of likely N-dealkylation sites (N-methyl/N-ethyl adjacent to an activating group) is 1. The van der Waals surface area contributed by atoms with Gasteiger partial charge < -0.3 is 4.90 Å². The molecule has 1 aromatic rings. The molecule has 0 spiro atoms. The van der Waals surface area contributed by atoms with Crippen LogP contribution in [0.1, 0.15) is 12.5 Å². The highest BCUT2D eigenvalue weighted by atomic mass is 16.2. The van der Waals surface area contributed by atoms with E-state index in [9.17, 15) is 4.79 Å². The Morgan fingerprint density at radius 1 is 1.36 bits per heavy atom. The molecule has 2 heteroatoms. The van der Waals surface area contributed by atoms with Crippen LogP contribution in [0.25, 0.3) is 0 Å². The first-order valence-electron chi connectivity index (χ1n) is 4.63. The predicted molar refractivity (Wildman–Crippen MR) is 59.4 cm³/mol. The molecule has 0 aromatic heterocycles. The molecule has 0 unspecified atom stereocenters. The average Bonchev–Trinajstić information content (AvgIpc) is 2.18. The van der Waals surface area contributed by atoms with Gasteiger partial charge in [0.25, 0.3) is 0 Å². The molecular weight excluding hydrogens is 174 g/mol. The largest absolute Gasteiger partial charge is 0.312 e. The minimum Gasteiger partial charge on any atom is -0.312 e. The topological polar surface area (TPSA) is 20.3 Å². The van der Waals surface area contributed by atoms with Crippen LogP contribution in [-0.4, -0.2) is 13.0 Å². The van der Waals surface area contributed by atoms with Gasteiger partial charge in [-0.15, -0.1) is 0 Å². The number of anilines is 1. The minimum atomic E-state index is 0.00167. The second kappa shape index (κ2) is 4.61. The van der Waals surface area contributed by atoms with Crippen molar-refractivity contribution < 1.29 is 4.79 Å². The first kappa shape index (κ1) is 10.5. The number of amides is 1. The van der Waals surface area contributed by atoms with Gasteiger partial charge in [0.2, 0.25) is 5.91 Å². The van der Waals surface area contributed by atoms with Crippen molar-refractivity contribution in [3.8, 4) is 0 Å². The molecule has 0 fully saturated rings. The van der Waals surface area contributed by atoms with E-state index >= 15 is 0 Å². The second-order valence-electron chi connectivity index (χ2n) is 3.18. The fraction of sp³-hybridized carbons (Fsp3) is 0.250. The lowest BCUT2D eigenvalue weighted by Gasteiger charge is -2.17. The van der Waals surface area contributed by atoms with Crippen LogP contribution in [-0.2, 0) is 4.79 Å². The van der Waals surface area contributed by atoms with E-state index < -0.39 is 0 Å². The second-order valence-corrected chi connectivity index (χ2v) is 3.18. The van der Waals surface area contributed by atoms with E-state index in [1.54, 1.807) is 24.1 Å². The average molecular weight is 189 g/mol. The van der Waals surface area contributed by atoms with Crippen LogP contribution >= 0.6 is 0 Å². The standard InChI is InChI=1S/C12H15NO/c1-4-7-12(14)13(3)11-9-6-5-8-10(11)2/h4-9H,1-3H3/b7-4+. The van der Waals surface area contributed by atoms with E-state index in [1.165, 1.54) is 0 Å². The molecule has 2 nitrogen and oxygen atoms in total. The highest BCUT2D eigenvalue weighted by Crippen LogP contribution is 2.17. The predicted octanol–water partition coefficient (Wildman–Crippen LogP) is 2.53. The third-order valence-electron chi connectivity index (χ3n) is 2.12. The maximum atomic E-state index is 11.5. The number of hydrogen-bond acceptors (Lipinski definition) is 1. The van der Waals surface area contributed by atoms with Crippen molar-refractivity contribution in [1.82, 2.24) is 0 Å². The van der Waals surface area contributed by atoms with E-state index in [2.05, 4.69) is 0 Å². The number of carbonyl (C=O) groups excluding carboxylic acids is 1. The van der Waals surface area contributed by atoms with Crippen molar-refractivity contribution in [2.24, 2.45) is 0 Å². The smallest absolute Gasteiger partial charge is 0.250 e. The zero-order valence-corrected chi connectivity index (χ0v) is 8.82. The van der Waals surface area contributed by atoms with Gasteiger partial charge in [-0.1, -0.05) is 24.3 Å². The lowest BCUT2D eigenvalue weighted by Crippen LogP contribution is -2.24. The molecule has 74 valence electrons. The molecule has 0 aliphatic carbocycles. The van der Waals surface area contributed by atoms with Gasteiger partial charge in [-0.3, -0.25) is 4.79 Å². The normalized spacial score (nSPS) is 10.5. The lowest BCUT2D eigenvalue weighted by molar-refractivity contribution is -0.113. The number of benzene rings is 1. The quantitative estimate of drug-likeness (QED) is 0.655. The van der Waals surface area contributed by atoms with Crippen LogP contribution in [0.5, 0.6) is 0 Å². The molecule has 0 radical (unpaired) electrons. The Morgan fingerprint density at radius 2 is 2.00 bits per heavy atom. The van der Waals surface area contributed by atoms with Crippen molar-refractivity contribution in [1.29, 1.82) is 0 Å². The van der Waals surface area contributed by atoms with Gasteiger partial charge >= 0.3 is 0 Å². The SMILES string of the molecule is C/C=C/C(=O)N(C)c1ccccc1C. The van der Waals surface area contributed by atoms with Gasteiger partial charge in [0, 0.05) is 12.7 Å². The Bertz CT molecular complexity index is 355. The summed E-state index contributed by atoms with van der Waals surface area (Å²) in [6, 6.07) is 7.83. The molecule has 0 aliphatic rings. The molecule has 1 amide bonds. The number of carbonyl (C=O) groups is 1. The lowest BCUT2D eigenvalue weighted by atomic mass is 10.2. The molecule has 0 bridgehead atoms. The summed E-state index contributed by atoms with van der Waals surface area (Å²) in [6.07, 6.45) is 3.31. The van der Waals surface area contributed by atoms with Gasteiger partial charge in [-0.2, -0.15) is 0 Å². The molecule has 0 saturated heterocycles. The summed E-state index contributed by atoms with van der Waals surface area (Å²) in [4.78, 5) is 13.2. The Balaban J connectivity index is 2.95. The van der Waals surface area contributed by atoms with E-state index in [4.69, 9.17) is 0 Å². The van der Waals surface area contributed by atoms with Crippen LogP contribution in [0, 0.1) is 6.92 Å². The Hall–Kier alpha value is -1.57. The van der Waals surface area contributed by atoms with Crippen LogP contribution < -0.4 is 4.90 Å². The van der Waals surface area contributed by atoms with Crippen molar-refractivity contribution in [2.45, 2.75) is 13.8 Å². The summed E-state index contributed by atoms with van der Waals surface area (Å²) >= 11 is 0. The van der Waals surface area contributed by atoms with E-state index in [-0.39, 0.29) is 5.91 Å². The zero-order chi connectivity index (χ0) is 10.6. The summed E-state index contributed by atoms with van der Waals surface area (Å²) < 4.78 is 0. The highest BCUT2D eigenvalue weighted by Gasteiger charge is 2.08. The Kier molecular flexibility index (Phi) is 3.46. The summed E-state index contributed by atoms with van der Waals surface area (Å²) in [7, 11) is 1.78. The van der Waals surface area contributed by atoms with Crippen LogP contribution in [0.2, 0.25) is 0 Å². The fourth-order valence-electron chi connectivity index (χ4n) is 1.31. The zero-order valence-electron chi connectivity index (χ0n) is 8.82. The third kappa shape index (κ3) is 2.22. The molecule has 0 N–H and O–H groups in total. The van der Waals surface area contributed by atoms with Gasteiger partial charge in [0.05, 0.1) is 0 Å². The van der Waals surface area contributed by atoms with Crippen LogP contribution in [0.15, 0.2) is 36.4 Å². The number of nitrogens with zero attached hydrogens (tertiary/aromatic N) is 1. The van der Waals surface area contributed by atoms with E-state index in [1.807, 2.05) is 38.1 Å². The fourth-order valence-corrected chi connectivity index (χ4v) is 1.31. The molecule has 14 heavy (non-hydrogen) atoms. The number of aryl methyl sites for hydroxylation is 1. The molecule has 0 heterocycles. The Labute approximate surface area is 84.9 Å². The van der Waals surface area contributed by atoms with E-state index in [0.29, 0.717) is 0 Å². The summed E-state index contributed by atoms with van der Waals surface area (Å²) in [5.74, 6) is 0.00167.